The Hall–Kier alpha value is -3.26. The molecule has 7 nitrogen and oxygen atoms in total. The van der Waals surface area contributed by atoms with Gasteiger partial charge < -0.3 is 14.8 Å². The first kappa shape index (κ1) is 26.8. The maximum atomic E-state index is 13.5. The van der Waals surface area contributed by atoms with Gasteiger partial charge in [-0.25, -0.2) is 8.42 Å². The summed E-state index contributed by atoms with van der Waals surface area (Å²) in [5, 5.41) is 2.74. The molecule has 0 spiro atoms. The lowest BCUT2D eigenvalue weighted by atomic mass is 10.2. The van der Waals surface area contributed by atoms with Crippen molar-refractivity contribution in [1.82, 2.24) is 5.32 Å². The van der Waals surface area contributed by atoms with Gasteiger partial charge in [-0.15, -0.1) is 0 Å². The van der Waals surface area contributed by atoms with Crippen LogP contribution in [0.3, 0.4) is 0 Å². The number of rotatable bonds is 11. The Kier molecular flexibility index (Phi) is 10.5. The number of anilines is 1. The highest BCUT2D eigenvalue weighted by Crippen LogP contribution is 2.35. The van der Waals surface area contributed by atoms with E-state index in [1.54, 1.807) is 50.3 Å². The Bertz CT molecular complexity index is 1050. The Morgan fingerprint density at radius 1 is 1.19 bits per heavy atom. The Morgan fingerprint density at radius 2 is 1.88 bits per heavy atom. The van der Waals surface area contributed by atoms with E-state index in [4.69, 9.17) is 9.47 Å². The van der Waals surface area contributed by atoms with Crippen molar-refractivity contribution in [2.45, 2.75) is 27.7 Å². The van der Waals surface area contributed by atoms with Crippen LogP contribution in [-0.2, 0) is 14.8 Å². The molecule has 0 aliphatic rings. The Balaban J connectivity index is 3.59. The molecule has 1 aromatic carbocycles. The van der Waals surface area contributed by atoms with Gasteiger partial charge >= 0.3 is 0 Å². The van der Waals surface area contributed by atoms with Crippen LogP contribution in [0.1, 0.15) is 27.7 Å². The highest BCUT2D eigenvalue weighted by atomic mass is 32.2. The summed E-state index contributed by atoms with van der Waals surface area (Å²) < 4.78 is 38.7. The molecule has 0 aliphatic carbocycles. The van der Waals surface area contributed by atoms with Crippen LogP contribution in [0, 0.1) is 0 Å². The molecule has 1 rings (SSSR count). The summed E-state index contributed by atoms with van der Waals surface area (Å²) in [5.74, 6) is 0.176. The summed E-state index contributed by atoms with van der Waals surface area (Å²) in [6.45, 7) is 10.3. The molecule has 0 bridgehead atoms. The molecule has 0 heterocycles. The van der Waals surface area contributed by atoms with Crippen LogP contribution in [0.15, 0.2) is 77.4 Å². The molecule has 32 heavy (non-hydrogen) atoms. The topological polar surface area (TPSA) is 84.9 Å². The maximum Gasteiger partial charge on any atom is 0.264 e. The normalized spacial score (nSPS) is 12.3. The molecule has 8 heteroatoms. The predicted octanol–water partition coefficient (Wildman–Crippen LogP) is 4.47. The van der Waals surface area contributed by atoms with Gasteiger partial charge in [0, 0.05) is 11.8 Å². The van der Waals surface area contributed by atoms with E-state index in [9.17, 15) is 13.2 Å². The minimum Gasteiger partial charge on any atom is -0.497 e. The van der Waals surface area contributed by atoms with Crippen molar-refractivity contribution in [3.05, 3.63) is 77.4 Å². The van der Waals surface area contributed by atoms with Crippen LogP contribution in [0.25, 0.3) is 0 Å². The molecule has 0 atom stereocenters. The first-order chi connectivity index (χ1) is 15.1. The van der Waals surface area contributed by atoms with Gasteiger partial charge in [0.15, 0.2) is 0 Å². The van der Waals surface area contributed by atoms with E-state index in [2.05, 4.69) is 11.9 Å². The fourth-order valence-corrected chi connectivity index (χ4v) is 4.36. The number of nitrogens with one attached hydrogen (secondary N) is 1. The summed E-state index contributed by atoms with van der Waals surface area (Å²) in [4.78, 5) is 13.0. The molecular weight excluding hydrogens is 428 g/mol. The fraction of sp³-hybridized carbons (Fsp3) is 0.292. The van der Waals surface area contributed by atoms with Gasteiger partial charge in [-0.2, -0.15) is 0 Å². The van der Waals surface area contributed by atoms with Gasteiger partial charge in [-0.1, -0.05) is 30.4 Å². The van der Waals surface area contributed by atoms with Crippen molar-refractivity contribution in [1.29, 1.82) is 0 Å². The molecule has 0 aromatic heterocycles. The van der Waals surface area contributed by atoms with E-state index in [1.165, 1.54) is 32.4 Å². The third kappa shape index (κ3) is 7.16. The average molecular weight is 461 g/mol. The Morgan fingerprint density at radius 3 is 2.38 bits per heavy atom. The molecule has 0 radical (unpaired) electrons. The highest BCUT2D eigenvalue weighted by Gasteiger charge is 2.30. The van der Waals surface area contributed by atoms with E-state index in [0.29, 0.717) is 11.4 Å². The second-order valence-electron chi connectivity index (χ2n) is 6.87. The largest absolute Gasteiger partial charge is 0.497 e. The fourth-order valence-electron chi connectivity index (χ4n) is 2.81. The number of hydrogen-bond acceptors (Lipinski definition) is 5. The molecule has 0 unspecified atom stereocenters. The molecule has 0 fully saturated rings. The SMILES string of the molecule is C=C/C=C(\C=C(C)C)NC(=O)CN(c1cc(OC)ccc1OC)S(=O)(=O)C(/C=C\C)=C/C. The average Bonchev–Trinajstić information content (AvgIpc) is 2.74. The van der Waals surface area contributed by atoms with Gasteiger partial charge in [0.2, 0.25) is 5.91 Å². The number of ether oxygens (including phenoxy) is 2. The zero-order valence-corrected chi connectivity index (χ0v) is 20.3. The molecule has 1 aromatic rings. The van der Waals surface area contributed by atoms with Crippen LogP contribution < -0.4 is 19.1 Å². The van der Waals surface area contributed by atoms with E-state index in [-0.39, 0.29) is 16.3 Å². The van der Waals surface area contributed by atoms with Gasteiger partial charge in [0.05, 0.1) is 24.8 Å². The van der Waals surface area contributed by atoms with E-state index in [1.807, 2.05) is 13.8 Å². The summed E-state index contributed by atoms with van der Waals surface area (Å²) >= 11 is 0. The van der Waals surface area contributed by atoms with Gasteiger partial charge in [-0.3, -0.25) is 9.10 Å². The third-order valence-electron chi connectivity index (χ3n) is 4.17. The molecular formula is C24H32N2O5S. The Labute approximate surface area is 191 Å². The van der Waals surface area contributed by atoms with Crippen LogP contribution >= 0.6 is 0 Å². The number of hydrogen-bond donors (Lipinski definition) is 1. The van der Waals surface area contributed by atoms with Crippen molar-refractivity contribution >= 4 is 21.6 Å². The zero-order chi connectivity index (χ0) is 24.3. The van der Waals surface area contributed by atoms with Gasteiger partial charge in [0.25, 0.3) is 10.0 Å². The van der Waals surface area contributed by atoms with Crippen molar-refractivity contribution < 1.29 is 22.7 Å². The third-order valence-corrected chi connectivity index (χ3v) is 6.04. The lowest BCUT2D eigenvalue weighted by Crippen LogP contribution is -2.41. The number of allylic oxidation sites excluding steroid dienone is 7. The number of amides is 1. The predicted molar refractivity (Wildman–Crippen MR) is 130 cm³/mol. The molecule has 0 saturated heterocycles. The number of sulfonamides is 1. The summed E-state index contributed by atoms with van der Waals surface area (Å²) in [7, 11) is -1.19. The van der Waals surface area contributed by atoms with E-state index < -0.39 is 22.5 Å². The molecule has 174 valence electrons. The number of carbonyl (C=O) groups excluding carboxylic acids is 1. The van der Waals surface area contributed by atoms with E-state index >= 15 is 0 Å². The van der Waals surface area contributed by atoms with Crippen LogP contribution in [0.5, 0.6) is 11.5 Å². The quantitative estimate of drug-likeness (QED) is 0.493. The van der Waals surface area contributed by atoms with Gasteiger partial charge in [0.1, 0.15) is 18.0 Å². The minimum absolute atomic E-state index is 0.0452. The van der Waals surface area contributed by atoms with Crippen molar-refractivity contribution in [3.63, 3.8) is 0 Å². The number of benzene rings is 1. The molecule has 1 amide bonds. The summed E-state index contributed by atoms with van der Waals surface area (Å²) in [6, 6.07) is 4.75. The van der Waals surface area contributed by atoms with Crippen LogP contribution in [0.2, 0.25) is 0 Å². The maximum absolute atomic E-state index is 13.5. The first-order valence-corrected chi connectivity index (χ1v) is 11.4. The van der Waals surface area contributed by atoms with E-state index in [0.717, 1.165) is 9.88 Å². The highest BCUT2D eigenvalue weighted by molar-refractivity contribution is 7.96. The first-order valence-electron chi connectivity index (χ1n) is 9.95. The van der Waals surface area contributed by atoms with Crippen molar-refractivity contribution in [2.24, 2.45) is 0 Å². The second kappa shape index (κ2) is 12.6. The molecule has 0 aliphatic heterocycles. The molecule has 0 saturated carbocycles. The van der Waals surface area contributed by atoms with Crippen LogP contribution in [-0.4, -0.2) is 35.1 Å². The number of carbonyl (C=O) groups is 1. The number of nitrogens with zero attached hydrogens (tertiary/aromatic N) is 1. The second-order valence-corrected chi connectivity index (χ2v) is 8.73. The molecule has 1 N–H and O–H groups in total. The standard InChI is InChI=1S/C24H32N2O5S/c1-8-11-19(15-18(4)5)25-24(27)17-26(32(28,29)21(10-3)12-9-2)22-16-20(30-6)13-14-23(22)31-7/h8-16H,1,17H2,2-7H3,(H,25,27)/b12-9-,19-11+,21-10+. The van der Waals surface area contributed by atoms with Crippen molar-refractivity contribution in [3.8, 4) is 11.5 Å². The minimum atomic E-state index is -4.10. The smallest absolute Gasteiger partial charge is 0.264 e. The lowest BCUT2D eigenvalue weighted by Gasteiger charge is -2.26. The van der Waals surface area contributed by atoms with Gasteiger partial charge in [-0.05, 0) is 58.1 Å². The van der Waals surface area contributed by atoms with Crippen molar-refractivity contribution in [2.75, 3.05) is 25.1 Å². The monoisotopic (exact) mass is 460 g/mol. The van der Waals surface area contributed by atoms with Crippen LogP contribution in [0.4, 0.5) is 5.69 Å². The lowest BCUT2D eigenvalue weighted by molar-refractivity contribution is -0.118. The zero-order valence-electron chi connectivity index (χ0n) is 19.5. The summed E-state index contributed by atoms with van der Waals surface area (Å²) in [5.41, 5.74) is 1.64. The number of methoxy groups -OCH3 is 2. The summed E-state index contributed by atoms with van der Waals surface area (Å²) in [6.07, 6.45) is 9.50.